The molecule has 10 nitrogen and oxygen atoms in total. The number of aromatic nitrogens is 3. The van der Waals surface area contributed by atoms with Gasteiger partial charge < -0.3 is 14.2 Å². The highest BCUT2D eigenvalue weighted by Crippen LogP contribution is 2.33. The molecule has 0 saturated carbocycles. The number of hydrogen-bond acceptors (Lipinski definition) is 8. The minimum atomic E-state index is -0.155. The van der Waals surface area contributed by atoms with Crippen molar-refractivity contribution in [2.24, 2.45) is 11.0 Å². The lowest BCUT2D eigenvalue weighted by molar-refractivity contribution is -0.121. The van der Waals surface area contributed by atoms with E-state index in [4.69, 9.17) is 19.2 Å². The van der Waals surface area contributed by atoms with E-state index in [1.807, 2.05) is 49.4 Å². The first kappa shape index (κ1) is 28.8. The highest BCUT2D eigenvalue weighted by Gasteiger charge is 2.22. The van der Waals surface area contributed by atoms with Gasteiger partial charge in [0.2, 0.25) is 5.91 Å². The summed E-state index contributed by atoms with van der Waals surface area (Å²) >= 11 is 0. The normalized spacial score (nSPS) is 14.8. The van der Waals surface area contributed by atoms with Crippen molar-refractivity contribution in [2.75, 3.05) is 20.8 Å². The molecule has 0 fully saturated rings. The lowest BCUT2D eigenvalue weighted by Gasteiger charge is -2.20. The third-order valence-corrected chi connectivity index (χ3v) is 7.34. The highest BCUT2D eigenvalue weighted by atomic mass is 16.5. The minimum Gasteiger partial charge on any atom is -0.494 e. The van der Waals surface area contributed by atoms with Crippen molar-refractivity contribution in [2.45, 2.75) is 46.1 Å². The van der Waals surface area contributed by atoms with Crippen molar-refractivity contribution >= 4 is 22.5 Å². The molecule has 0 bridgehead atoms. The number of carbonyl (C=O) groups is 1. The van der Waals surface area contributed by atoms with Crippen molar-refractivity contribution in [3.8, 4) is 28.5 Å². The molecule has 1 atom stereocenters. The lowest BCUT2D eigenvalue weighted by Crippen LogP contribution is -2.31. The molecule has 42 heavy (non-hydrogen) atoms. The molecular weight excluding hydrogens is 534 g/mol. The lowest BCUT2D eigenvalue weighted by atomic mass is 9.94. The second-order valence-corrected chi connectivity index (χ2v) is 10.2. The van der Waals surface area contributed by atoms with Crippen LogP contribution in [-0.4, -0.2) is 47.2 Å². The van der Waals surface area contributed by atoms with E-state index in [9.17, 15) is 9.59 Å². The Morgan fingerprint density at radius 1 is 0.952 bits per heavy atom. The number of ether oxygens (including phenoxy) is 3. The Labute approximate surface area is 244 Å². The highest BCUT2D eigenvalue weighted by molar-refractivity contribution is 6.06. The molecule has 0 saturated heterocycles. The van der Waals surface area contributed by atoms with Crippen molar-refractivity contribution in [3.05, 3.63) is 76.2 Å². The van der Waals surface area contributed by atoms with Crippen LogP contribution in [-0.2, 0) is 17.8 Å². The predicted octanol–water partition coefficient (Wildman–Crippen LogP) is 4.76. The Bertz CT molecular complexity index is 1700. The molecule has 5 rings (SSSR count). The number of aryl methyl sites for hydroxylation is 2. The summed E-state index contributed by atoms with van der Waals surface area (Å²) in [6.07, 6.45) is 2.64. The summed E-state index contributed by atoms with van der Waals surface area (Å²) in [5, 5.41) is 9.82. The van der Waals surface area contributed by atoms with Crippen molar-refractivity contribution in [1.82, 2.24) is 20.2 Å². The van der Waals surface area contributed by atoms with Gasteiger partial charge in [-0.05, 0) is 61.7 Å². The number of fused-ring (bicyclic) bond motifs is 1. The molecule has 1 unspecified atom stereocenters. The van der Waals surface area contributed by atoms with Crippen LogP contribution in [0.3, 0.4) is 0 Å². The first-order valence-corrected chi connectivity index (χ1v) is 14.1. The van der Waals surface area contributed by atoms with E-state index in [0.29, 0.717) is 55.4 Å². The molecule has 0 aliphatic carbocycles. The van der Waals surface area contributed by atoms with E-state index < -0.39 is 0 Å². The second-order valence-electron chi connectivity index (χ2n) is 10.2. The van der Waals surface area contributed by atoms with Crippen LogP contribution >= 0.6 is 0 Å². The molecule has 1 aliphatic heterocycles. The number of rotatable bonds is 11. The fourth-order valence-electron chi connectivity index (χ4n) is 5.06. The number of unbranched alkanes of at least 4 members (excludes halogenated alkanes) is 1. The van der Waals surface area contributed by atoms with Crippen LogP contribution in [0.4, 0.5) is 0 Å². The number of methoxy groups -OCH3 is 2. The Morgan fingerprint density at radius 2 is 1.76 bits per heavy atom. The Hall–Kier alpha value is -4.73. The molecule has 1 N–H and O–H groups in total. The first-order valence-electron chi connectivity index (χ1n) is 14.1. The van der Waals surface area contributed by atoms with E-state index in [1.165, 1.54) is 4.68 Å². The van der Waals surface area contributed by atoms with Gasteiger partial charge in [0.1, 0.15) is 11.3 Å². The average Bonchev–Trinajstić information content (AvgIpc) is 3.01. The van der Waals surface area contributed by atoms with Gasteiger partial charge in [0, 0.05) is 47.2 Å². The van der Waals surface area contributed by atoms with Crippen LogP contribution in [0.25, 0.3) is 22.2 Å². The molecule has 218 valence electrons. The summed E-state index contributed by atoms with van der Waals surface area (Å²) in [6, 6.07) is 16.8. The number of benzene rings is 2. The van der Waals surface area contributed by atoms with E-state index in [2.05, 4.69) is 22.5 Å². The molecule has 0 spiro atoms. The Kier molecular flexibility index (Phi) is 8.80. The number of nitrogens with one attached hydrogen (secondary N) is 1. The summed E-state index contributed by atoms with van der Waals surface area (Å²) in [7, 11) is 3.23. The number of pyridine rings is 1. The van der Waals surface area contributed by atoms with Crippen LogP contribution in [0.15, 0.2) is 64.5 Å². The first-order chi connectivity index (χ1) is 20.4. The smallest absolute Gasteiger partial charge is 0.266 e. The maximum Gasteiger partial charge on any atom is 0.266 e. The average molecular weight is 570 g/mol. The van der Waals surface area contributed by atoms with E-state index in [-0.39, 0.29) is 17.4 Å². The number of hydrogen-bond donors (Lipinski definition) is 1. The molecular formula is C32H35N5O5. The SMILES string of the molecule is CCc1ccc2c(-c3ccc(=O)n(CCCCOc4ccc(C5=NNC(=O)CC5C)cc4OC)n3)ccc(OC)c2n1. The van der Waals surface area contributed by atoms with Gasteiger partial charge in [0.05, 0.1) is 32.2 Å². The largest absolute Gasteiger partial charge is 0.494 e. The van der Waals surface area contributed by atoms with Crippen molar-refractivity contribution < 1.29 is 19.0 Å². The van der Waals surface area contributed by atoms with E-state index in [1.54, 1.807) is 26.4 Å². The zero-order valence-corrected chi connectivity index (χ0v) is 24.3. The summed E-state index contributed by atoms with van der Waals surface area (Å²) in [6.45, 7) is 4.95. The van der Waals surface area contributed by atoms with Gasteiger partial charge in [-0.3, -0.25) is 9.59 Å². The molecule has 4 aromatic rings. The van der Waals surface area contributed by atoms with Crippen molar-refractivity contribution in [3.63, 3.8) is 0 Å². The zero-order valence-electron chi connectivity index (χ0n) is 24.3. The second kappa shape index (κ2) is 12.8. The molecule has 3 heterocycles. The van der Waals surface area contributed by atoms with Gasteiger partial charge >= 0.3 is 0 Å². The molecule has 0 radical (unpaired) electrons. The minimum absolute atomic E-state index is 0.0137. The summed E-state index contributed by atoms with van der Waals surface area (Å²) in [5.74, 6) is 1.85. The van der Waals surface area contributed by atoms with Crippen molar-refractivity contribution in [1.29, 1.82) is 0 Å². The molecule has 1 amide bonds. The topological polar surface area (TPSA) is 117 Å². The van der Waals surface area contributed by atoms with Crippen LogP contribution < -0.4 is 25.2 Å². The van der Waals surface area contributed by atoms with Gasteiger partial charge in [-0.1, -0.05) is 19.9 Å². The number of hydrazone groups is 1. The van der Waals surface area contributed by atoms with Gasteiger partial charge in [0.25, 0.3) is 5.56 Å². The summed E-state index contributed by atoms with van der Waals surface area (Å²) < 4.78 is 18.6. The summed E-state index contributed by atoms with van der Waals surface area (Å²) in [5.41, 5.74) is 7.43. The zero-order chi connectivity index (χ0) is 29.6. The quantitative estimate of drug-likeness (QED) is 0.259. The number of carbonyl (C=O) groups excluding carboxylic acids is 1. The van der Waals surface area contributed by atoms with Gasteiger partial charge in [0.15, 0.2) is 11.5 Å². The maximum absolute atomic E-state index is 12.6. The monoisotopic (exact) mass is 569 g/mol. The fraction of sp³-hybridized carbons (Fsp3) is 0.344. The Morgan fingerprint density at radius 3 is 2.52 bits per heavy atom. The van der Waals surface area contributed by atoms with E-state index in [0.717, 1.165) is 39.9 Å². The maximum atomic E-state index is 12.6. The van der Waals surface area contributed by atoms with Crippen LogP contribution in [0, 0.1) is 5.92 Å². The van der Waals surface area contributed by atoms with Crippen LogP contribution in [0.5, 0.6) is 17.2 Å². The Balaban J connectivity index is 1.24. The number of nitrogens with zero attached hydrogens (tertiary/aromatic N) is 4. The van der Waals surface area contributed by atoms with Gasteiger partial charge in [-0.25, -0.2) is 15.1 Å². The molecule has 2 aromatic carbocycles. The standard InChI is InChI=1S/C32H35N5O5/c1-5-22-9-10-24-23(11-14-27(40-3)32(24)33-22)25-12-15-30(39)37(36-25)16-6-7-17-42-26-13-8-21(19-28(26)41-4)31-20(2)18-29(38)34-35-31/h8-15,19-20H,5-7,16-18H2,1-4H3,(H,34,38). The van der Waals surface area contributed by atoms with Gasteiger partial charge in [-0.15, -0.1) is 0 Å². The molecule has 2 aromatic heterocycles. The van der Waals surface area contributed by atoms with Crippen LogP contribution in [0.1, 0.15) is 44.4 Å². The molecule has 1 aliphatic rings. The van der Waals surface area contributed by atoms with Gasteiger partial charge in [-0.2, -0.15) is 10.2 Å². The van der Waals surface area contributed by atoms with E-state index >= 15 is 0 Å². The number of amides is 1. The van der Waals surface area contributed by atoms with Crippen LogP contribution in [0.2, 0.25) is 0 Å². The molecule has 10 heteroatoms. The predicted molar refractivity (Wildman–Crippen MR) is 161 cm³/mol. The summed E-state index contributed by atoms with van der Waals surface area (Å²) in [4.78, 5) is 29.0. The third kappa shape index (κ3) is 6.12. The fourth-order valence-corrected chi connectivity index (χ4v) is 5.06. The third-order valence-electron chi connectivity index (χ3n) is 7.34.